The molecule has 0 unspecified atom stereocenters. The second kappa shape index (κ2) is 7.63. The predicted molar refractivity (Wildman–Crippen MR) is 118 cm³/mol. The molecule has 5 atom stereocenters. The molecule has 1 aliphatic heterocycles. The Morgan fingerprint density at radius 2 is 1.61 bits per heavy atom. The zero-order chi connectivity index (χ0) is 21.7. The molecule has 1 N–H and O–H groups in total. The van der Waals surface area contributed by atoms with E-state index in [-0.39, 0.29) is 29.6 Å². The summed E-state index contributed by atoms with van der Waals surface area (Å²) in [6, 6.07) is 14.5. The molecule has 3 fully saturated rings. The second-order valence-corrected chi connectivity index (χ2v) is 9.43. The van der Waals surface area contributed by atoms with Gasteiger partial charge in [-0.05, 0) is 73.8 Å². The standard InChI is InChI=1S/C26H28N2O3/c1-15-8-11-20(12-16(15)2)27-24(29)21(13-17-6-4-3-5-7-17)28-25(30)22-18-9-10-19(14-18)23(22)26(28)31/h3-8,11-12,18-19,21-23H,9-10,13-14H2,1-2H3,(H,27,29)/t18-,19+,21-,22-,23+/m0/s1. The lowest BCUT2D eigenvalue weighted by atomic mass is 9.81. The summed E-state index contributed by atoms with van der Waals surface area (Å²) in [6.45, 7) is 4.02. The molecular formula is C26H28N2O3. The predicted octanol–water partition coefficient (Wildman–Crippen LogP) is 3.88. The van der Waals surface area contributed by atoms with E-state index in [2.05, 4.69) is 5.32 Å². The molecule has 31 heavy (non-hydrogen) atoms. The van der Waals surface area contributed by atoms with Gasteiger partial charge in [0.2, 0.25) is 17.7 Å². The Balaban J connectivity index is 1.45. The summed E-state index contributed by atoms with van der Waals surface area (Å²) in [6.07, 6.45) is 3.36. The Morgan fingerprint density at radius 1 is 0.968 bits per heavy atom. The molecule has 2 saturated carbocycles. The van der Waals surface area contributed by atoms with Crippen LogP contribution in [-0.2, 0) is 20.8 Å². The van der Waals surface area contributed by atoms with Crippen molar-refractivity contribution in [3.63, 3.8) is 0 Å². The van der Waals surface area contributed by atoms with Gasteiger partial charge >= 0.3 is 0 Å². The molecule has 3 amide bonds. The van der Waals surface area contributed by atoms with Gasteiger partial charge < -0.3 is 5.32 Å². The number of nitrogens with one attached hydrogen (secondary N) is 1. The van der Waals surface area contributed by atoms with Gasteiger partial charge in [-0.15, -0.1) is 0 Å². The van der Waals surface area contributed by atoms with Crippen molar-refractivity contribution in [2.45, 2.75) is 45.6 Å². The number of carbonyl (C=O) groups is 3. The third-order valence-electron chi connectivity index (χ3n) is 7.62. The number of nitrogens with zero attached hydrogens (tertiary/aromatic N) is 1. The number of fused-ring (bicyclic) bond motifs is 5. The van der Waals surface area contributed by atoms with Crippen LogP contribution in [0.4, 0.5) is 5.69 Å². The first-order valence-electron chi connectivity index (χ1n) is 11.2. The topological polar surface area (TPSA) is 66.5 Å². The Bertz CT molecular complexity index is 1020. The maximum atomic E-state index is 13.4. The van der Waals surface area contributed by atoms with Crippen molar-refractivity contribution in [2.75, 3.05) is 5.32 Å². The van der Waals surface area contributed by atoms with Gasteiger partial charge in [-0.3, -0.25) is 19.3 Å². The average Bonchev–Trinajstić information content (AvgIpc) is 3.44. The fraction of sp³-hybridized carbons (Fsp3) is 0.423. The van der Waals surface area contributed by atoms with Crippen molar-refractivity contribution >= 4 is 23.4 Å². The summed E-state index contributed by atoms with van der Waals surface area (Å²) < 4.78 is 0. The fourth-order valence-corrected chi connectivity index (χ4v) is 5.92. The number of benzene rings is 2. The fourth-order valence-electron chi connectivity index (χ4n) is 5.92. The highest BCUT2D eigenvalue weighted by Gasteiger charge is 2.62. The van der Waals surface area contributed by atoms with Gasteiger partial charge in [0.15, 0.2) is 0 Å². The first kappa shape index (κ1) is 20.0. The third-order valence-corrected chi connectivity index (χ3v) is 7.62. The van der Waals surface area contributed by atoms with E-state index in [1.807, 2.05) is 62.4 Å². The van der Waals surface area contributed by atoms with Crippen LogP contribution in [0.3, 0.4) is 0 Å². The van der Waals surface area contributed by atoms with Crippen LogP contribution in [0.2, 0.25) is 0 Å². The summed E-state index contributed by atoms with van der Waals surface area (Å²) in [7, 11) is 0. The number of carbonyl (C=O) groups excluding carboxylic acids is 3. The SMILES string of the molecule is Cc1ccc(NC(=O)[C@H](Cc2ccccc2)N2C(=O)[C@@H]3[C@@H]4CC[C@@H](C4)[C@@H]3C2=O)cc1C. The molecule has 0 spiro atoms. The highest BCUT2D eigenvalue weighted by Crippen LogP contribution is 2.56. The minimum Gasteiger partial charge on any atom is -0.324 e. The first-order chi connectivity index (χ1) is 14.9. The molecular weight excluding hydrogens is 388 g/mol. The number of anilines is 1. The van der Waals surface area contributed by atoms with Gasteiger partial charge in [0.25, 0.3) is 0 Å². The Kier molecular flexibility index (Phi) is 4.92. The van der Waals surface area contributed by atoms with Crippen molar-refractivity contribution in [3.05, 3.63) is 65.2 Å². The lowest BCUT2D eigenvalue weighted by Gasteiger charge is -2.27. The number of hydrogen-bond acceptors (Lipinski definition) is 3. The minimum atomic E-state index is -0.839. The summed E-state index contributed by atoms with van der Waals surface area (Å²) in [5.41, 5.74) is 3.85. The van der Waals surface area contributed by atoms with Gasteiger partial charge in [0, 0.05) is 12.1 Å². The van der Waals surface area contributed by atoms with Crippen LogP contribution in [-0.4, -0.2) is 28.7 Å². The molecule has 2 aromatic rings. The normalized spacial score (nSPS) is 27.5. The highest BCUT2D eigenvalue weighted by molar-refractivity contribution is 6.10. The van der Waals surface area contributed by atoms with Crippen LogP contribution in [0.25, 0.3) is 0 Å². The molecule has 5 nitrogen and oxygen atoms in total. The molecule has 2 aliphatic carbocycles. The monoisotopic (exact) mass is 416 g/mol. The van der Waals surface area contributed by atoms with Crippen molar-refractivity contribution < 1.29 is 14.4 Å². The second-order valence-electron chi connectivity index (χ2n) is 9.43. The number of amides is 3. The maximum Gasteiger partial charge on any atom is 0.248 e. The average molecular weight is 417 g/mol. The van der Waals surface area contributed by atoms with Gasteiger partial charge in [-0.1, -0.05) is 36.4 Å². The molecule has 0 aromatic heterocycles. The van der Waals surface area contributed by atoms with E-state index in [4.69, 9.17) is 0 Å². The largest absolute Gasteiger partial charge is 0.324 e. The van der Waals surface area contributed by atoms with Crippen LogP contribution >= 0.6 is 0 Å². The summed E-state index contributed by atoms with van der Waals surface area (Å²) >= 11 is 0. The molecule has 5 heteroatoms. The number of likely N-dealkylation sites (tertiary alicyclic amines) is 1. The van der Waals surface area contributed by atoms with Gasteiger partial charge in [0.05, 0.1) is 11.8 Å². The maximum absolute atomic E-state index is 13.4. The molecule has 2 bridgehead atoms. The Labute approximate surface area is 182 Å². The van der Waals surface area contributed by atoms with Crippen LogP contribution < -0.4 is 5.32 Å². The number of rotatable bonds is 5. The Hall–Kier alpha value is -2.95. The molecule has 5 rings (SSSR count). The van der Waals surface area contributed by atoms with Crippen LogP contribution in [0.5, 0.6) is 0 Å². The number of aryl methyl sites for hydroxylation is 2. The van der Waals surface area contributed by atoms with Crippen LogP contribution in [0, 0.1) is 37.5 Å². The number of imide groups is 1. The molecule has 2 aromatic carbocycles. The molecule has 1 saturated heterocycles. The van der Waals surface area contributed by atoms with E-state index < -0.39 is 6.04 Å². The van der Waals surface area contributed by atoms with E-state index in [0.29, 0.717) is 23.9 Å². The van der Waals surface area contributed by atoms with Crippen LogP contribution in [0.15, 0.2) is 48.5 Å². The Morgan fingerprint density at radius 3 is 2.23 bits per heavy atom. The van der Waals surface area contributed by atoms with E-state index in [1.54, 1.807) is 0 Å². The lowest BCUT2D eigenvalue weighted by Crippen LogP contribution is -2.49. The van der Waals surface area contributed by atoms with Crippen molar-refractivity contribution in [2.24, 2.45) is 23.7 Å². The molecule has 3 aliphatic rings. The lowest BCUT2D eigenvalue weighted by molar-refractivity contribution is -0.147. The van der Waals surface area contributed by atoms with Crippen molar-refractivity contribution in [1.82, 2.24) is 4.90 Å². The smallest absolute Gasteiger partial charge is 0.248 e. The van der Waals surface area contributed by atoms with Crippen molar-refractivity contribution in [3.8, 4) is 0 Å². The van der Waals surface area contributed by atoms with E-state index in [9.17, 15) is 14.4 Å². The first-order valence-corrected chi connectivity index (χ1v) is 11.2. The van der Waals surface area contributed by atoms with Gasteiger partial charge in [-0.25, -0.2) is 0 Å². The molecule has 160 valence electrons. The minimum absolute atomic E-state index is 0.140. The third kappa shape index (κ3) is 3.36. The quantitative estimate of drug-likeness (QED) is 0.752. The summed E-state index contributed by atoms with van der Waals surface area (Å²) in [5.74, 6) is -0.427. The summed E-state index contributed by atoms with van der Waals surface area (Å²) in [4.78, 5) is 41.5. The molecule has 1 heterocycles. The van der Waals surface area contributed by atoms with E-state index in [1.165, 1.54) is 4.90 Å². The van der Waals surface area contributed by atoms with E-state index in [0.717, 1.165) is 36.0 Å². The zero-order valence-electron chi connectivity index (χ0n) is 18.0. The molecule has 0 radical (unpaired) electrons. The zero-order valence-corrected chi connectivity index (χ0v) is 18.0. The van der Waals surface area contributed by atoms with Crippen LogP contribution in [0.1, 0.15) is 36.0 Å². The van der Waals surface area contributed by atoms with E-state index >= 15 is 0 Å². The highest BCUT2D eigenvalue weighted by atomic mass is 16.2. The summed E-state index contributed by atoms with van der Waals surface area (Å²) in [5, 5.41) is 2.97. The van der Waals surface area contributed by atoms with Gasteiger partial charge in [-0.2, -0.15) is 0 Å². The van der Waals surface area contributed by atoms with Gasteiger partial charge in [0.1, 0.15) is 6.04 Å². The number of hydrogen-bond donors (Lipinski definition) is 1. The van der Waals surface area contributed by atoms with Crippen molar-refractivity contribution in [1.29, 1.82) is 0 Å².